The number of rotatable bonds is 5. The van der Waals surface area contributed by atoms with Crippen molar-refractivity contribution in [3.63, 3.8) is 0 Å². The fraction of sp³-hybridized carbons (Fsp3) is 0.737. The molecule has 1 aliphatic heterocycles. The molecule has 0 unspecified atom stereocenters. The highest BCUT2D eigenvalue weighted by Gasteiger charge is 2.63. The largest absolute Gasteiger partial charge is 0.347 e. The molecule has 3 heteroatoms. The highest BCUT2D eigenvalue weighted by atomic mass is 16.7. The molecule has 1 saturated heterocycles. The van der Waals surface area contributed by atoms with Crippen LogP contribution < -0.4 is 0 Å². The number of Topliss-reactive ketones (excluding diaryl/α,β-unsaturated/α-hetero) is 1. The Hall–Kier alpha value is -0.930. The van der Waals surface area contributed by atoms with Gasteiger partial charge in [0.2, 0.25) is 0 Å². The number of ether oxygens (including phenoxy) is 2. The van der Waals surface area contributed by atoms with Crippen molar-refractivity contribution < 1.29 is 14.3 Å². The lowest BCUT2D eigenvalue weighted by molar-refractivity contribution is -0.214. The molecule has 3 aliphatic rings. The maximum atomic E-state index is 12.8. The second-order valence-electron chi connectivity index (χ2n) is 7.44. The second-order valence-corrected chi connectivity index (χ2v) is 7.44. The number of hydrogen-bond acceptors (Lipinski definition) is 3. The highest BCUT2D eigenvalue weighted by Crippen LogP contribution is 2.63. The topological polar surface area (TPSA) is 35.5 Å². The van der Waals surface area contributed by atoms with Crippen molar-refractivity contribution in [1.82, 2.24) is 0 Å². The molecule has 2 aliphatic carbocycles. The van der Waals surface area contributed by atoms with Crippen LogP contribution in [0.2, 0.25) is 0 Å². The monoisotopic (exact) mass is 304 g/mol. The molecule has 1 heterocycles. The Morgan fingerprint density at radius 3 is 2.64 bits per heavy atom. The van der Waals surface area contributed by atoms with Crippen molar-refractivity contribution in [3.8, 4) is 0 Å². The summed E-state index contributed by atoms with van der Waals surface area (Å²) in [5.74, 6) is 0.0388. The van der Waals surface area contributed by atoms with Gasteiger partial charge in [-0.15, -0.1) is 6.58 Å². The summed E-state index contributed by atoms with van der Waals surface area (Å²) in [7, 11) is 0. The van der Waals surface area contributed by atoms with Crippen LogP contribution in [0.1, 0.15) is 51.9 Å². The lowest BCUT2D eigenvalue weighted by atomic mass is 9.59. The summed E-state index contributed by atoms with van der Waals surface area (Å²) in [5, 5.41) is 0. The van der Waals surface area contributed by atoms with Crippen molar-refractivity contribution in [2.45, 2.75) is 57.7 Å². The van der Waals surface area contributed by atoms with Crippen molar-refractivity contribution in [1.29, 1.82) is 0 Å². The van der Waals surface area contributed by atoms with E-state index in [-0.39, 0.29) is 17.3 Å². The fourth-order valence-electron chi connectivity index (χ4n) is 5.24. The van der Waals surface area contributed by atoms with E-state index in [0.29, 0.717) is 25.4 Å². The van der Waals surface area contributed by atoms with Crippen LogP contribution in [0.5, 0.6) is 0 Å². The Labute approximate surface area is 133 Å². The minimum absolute atomic E-state index is 0.0472. The number of hydrogen-bond donors (Lipinski definition) is 0. The van der Waals surface area contributed by atoms with Crippen LogP contribution in [-0.4, -0.2) is 24.8 Å². The third-order valence-electron chi connectivity index (χ3n) is 5.91. The van der Waals surface area contributed by atoms with Gasteiger partial charge >= 0.3 is 0 Å². The Balaban J connectivity index is 1.94. The van der Waals surface area contributed by atoms with Gasteiger partial charge in [-0.2, -0.15) is 0 Å². The molecule has 2 saturated carbocycles. The first-order valence-corrected chi connectivity index (χ1v) is 8.59. The van der Waals surface area contributed by atoms with Crippen LogP contribution in [-0.2, 0) is 14.3 Å². The Bertz CT molecular complexity index is 475. The van der Waals surface area contributed by atoms with Gasteiger partial charge in [0, 0.05) is 24.7 Å². The van der Waals surface area contributed by atoms with Gasteiger partial charge in [-0.1, -0.05) is 24.6 Å². The minimum Gasteiger partial charge on any atom is -0.347 e. The highest BCUT2D eigenvalue weighted by molar-refractivity contribution is 5.83. The van der Waals surface area contributed by atoms with Gasteiger partial charge in [0.25, 0.3) is 0 Å². The lowest BCUT2D eigenvalue weighted by Gasteiger charge is -2.47. The van der Waals surface area contributed by atoms with Gasteiger partial charge in [0.1, 0.15) is 5.78 Å². The standard InChI is InChI=1S/C19H28O3/c1-4-7-18-8-5-6-15(16(20)13-14(2)3)17(18)19(10-9-18)21-11-12-22-19/h4,15,17H,1-2,5-13H2,3H3/t15-,17-,18-/m0/s1. The van der Waals surface area contributed by atoms with Gasteiger partial charge in [0.05, 0.1) is 13.2 Å². The molecular weight excluding hydrogens is 276 g/mol. The van der Waals surface area contributed by atoms with E-state index in [4.69, 9.17) is 9.47 Å². The molecular formula is C19H28O3. The Morgan fingerprint density at radius 2 is 2.00 bits per heavy atom. The molecule has 3 rings (SSSR count). The number of allylic oxidation sites excluding steroid dienone is 2. The first kappa shape index (κ1) is 15.9. The normalized spacial score (nSPS) is 36.2. The van der Waals surface area contributed by atoms with Gasteiger partial charge in [-0.25, -0.2) is 0 Å². The number of carbonyl (C=O) groups excluding carboxylic acids is 1. The SMILES string of the molecule is C=CC[C@@]12CCC[C@@H](C(=O)CC(=C)C)[C@@H]1C1(CC2)OCCO1. The average molecular weight is 304 g/mol. The van der Waals surface area contributed by atoms with E-state index in [0.717, 1.165) is 44.1 Å². The lowest BCUT2D eigenvalue weighted by Crippen LogP contribution is -2.50. The number of fused-ring (bicyclic) bond motifs is 2. The average Bonchev–Trinajstić information content (AvgIpc) is 3.06. The molecule has 0 N–H and O–H groups in total. The van der Waals surface area contributed by atoms with E-state index < -0.39 is 5.79 Å². The van der Waals surface area contributed by atoms with E-state index in [1.165, 1.54) is 0 Å². The Kier molecular flexibility index (Phi) is 4.30. The summed E-state index contributed by atoms with van der Waals surface area (Å²) in [5.41, 5.74) is 1.09. The number of ketones is 1. The van der Waals surface area contributed by atoms with Crippen LogP contribution in [0.4, 0.5) is 0 Å². The van der Waals surface area contributed by atoms with Crippen LogP contribution in [0.3, 0.4) is 0 Å². The third kappa shape index (κ3) is 2.48. The van der Waals surface area contributed by atoms with Crippen LogP contribution in [0.25, 0.3) is 0 Å². The molecule has 0 aromatic carbocycles. The predicted molar refractivity (Wildman–Crippen MR) is 86.4 cm³/mol. The van der Waals surface area contributed by atoms with Crippen molar-refractivity contribution in [3.05, 3.63) is 24.8 Å². The van der Waals surface area contributed by atoms with E-state index in [9.17, 15) is 4.79 Å². The van der Waals surface area contributed by atoms with E-state index in [1.54, 1.807) is 0 Å². The van der Waals surface area contributed by atoms with E-state index >= 15 is 0 Å². The molecule has 0 radical (unpaired) electrons. The summed E-state index contributed by atoms with van der Waals surface area (Å²) in [6, 6.07) is 0. The Morgan fingerprint density at radius 1 is 1.27 bits per heavy atom. The maximum Gasteiger partial charge on any atom is 0.172 e. The van der Waals surface area contributed by atoms with Crippen molar-refractivity contribution >= 4 is 5.78 Å². The van der Waals surface area contributed by atoms with Gasteiger partial charge < -0.3 is 9.47 Å². The summed E-state index contributed by atoms with van der Waals surface area (Å²) in [4.78, 5) is 12.8. The van der Waals surface area contributed by atoms with Gasteiger partial charge in [-0.3, -0.25) is 4.79 Å². The van der Waals surface area contributed by atoms with Crippen LogP contribution >= 0.6 is 0 Å². The molecule has 22 heavy (non-hydrogen) atoms. The van der Waals surface area contributed by atoms with Gasteiger partial charge in [-0.05, 0) is 38.0 Å². The molecule has 3 atom stereocenters. The van der Waals surface area contributed by atoms with E-state index in [1.807, 2.05) is 13.0 Å². The van der Waals surface area contributed by atoms with Crippen molar-refractivity contribution in [2.75, 3.05) is 13.2 Å². The zero-order valence-electron chi connectivity index (χ0n) is 13.7. The molecule has 3 fully saturated rings. The summed E-state index contributed by atoms with van der Waals surface area (Å²) in [6.07, 6.45) is 8.71. The summed E-state index contributed by atoms with van der Waals surface area (Å²) < 4.78 is 12.2. The molecule has 0 aromatic rings. The summed E-state index contributed by atoms with van der Waals surface area (Å²) >= 11 is 0. The predicted octanol–water partition coefficient (Wildman–Crippen LogP) is 4.04. The molecule has 1 spiro atoms. The van der Waals surface area contributed by atoms with Crippen molar-refractivity contribution in [2.24, 2.45) is 17.3 Å². The first-order chi connectivity index (χ1) is 10.5. The molecule has 3 nitrogen and oxygen atoms in total. The minimum atomic E-state index is -0.515. The van der Waals surface area contributed by atoms with E-state index in [2.05, 4.69) is 13.2 Å². The third-order valence-corrected chi connectivity index (χ3v) is 5.91. The number of carbonyl (C=O) groups is 1. The first-order valence-electron chi connectivity index (χ1n) is 8.59. The molecule has 0 amide bonds. The molecule has 0 bridgehead atoms. The molecule has 122 valence electrons. The fourth-order valence-corrected chi connectivity index (χ4v) is 5.24. The maximum absolute atomic E-state index is 12.8. The molecule has 0 aromatic heterocycles. The zero-order chi connectivity index (χ0) is 15.8. The van der Waals surface area contributed by atoms with Crippen LogP contribution in [0, 0.1) is 17.3 Å². The van der Waals surface area contributed by atoms with Gasteiger partial charge in [0.15, 0.2) is 5.79 Å². The second kappa shape index (κ2) is 5.93. The quantitative estimate of drug-likeness (QED) is 0.719. The smallest absolute Gasteiger partial charge is 0.172 e. The summed E-state index contributed by atoms with van der Waals surface area (Å²) in [6.45, 7) is 11.1. The van der Waals surface area contributed by atoms with Crippen LogP contribution in [0.15, 0.2) is 24.8 Å². The zero-order valence-corrected chi connectivity index (χ0v) is 13.7.